The first-order valence-corrected chi connectivity index (χ1v) is 6.74. The van der Waals surface area contributed by atoms with Crippen molar-refractivity contribution in [2.75, 3.05) is 0 Å². The zero-order chi connectivity index (χ0) is 13.8. The van der Waals surface area contributed by atoms with Crippen molar-refractivity contribution in [3.63, 3.8) is 0 Å². The van der Waals surface area contributed by atoms with Crippen LogP contribution >= 0.6 is 0 Å². The van der Waals surface area contributed by atoms with E-state index in [9.17, 15) is 10.1 Å². The first-order valence-electron chi connectivity index (χ1n) is 6.74. The van der Waals surface area contributed by atoms with E-state index in [1.807, 2.05) is 0 Å². The number of rotatable bonds is 4. The molecule has 0 bridgehead atoms. The minimum atomic E-state index is -0.401. The summed E-state index contributed by atoms with van der Waals surface area (Å²) in [6.07, 6.45) is 4.34. The molecule has 1 aliphatic rings. The molecule has 0 radical (unpaired) electrons. The molecule has 1 aromatic carbocycles. The van der Waals surface area contributed by atoms with Gasteiger partial charge >= 0.3 is 5.69 Å². The summed E-state index contributed by atoms with van der Waals surface area (Å²) in [5.74, 6) is 0.975. The van der Waals surface area contributed by atoms with Gasteiger partial charge in [-0.3, -0.25) is 10.1 Å². The first kappa shape index (κ1) is 13.8. The van der Waals surface area contributed by atoms with E-state index in [4.69, 9.17) is 10.5 Å². The molecule has 2 rings (SSSR count). The van der Waals surface area contributed by atoms with Crippen LogP contribution in [0.1, 0.15) is 38.2 Å². The standard InChI is InChI=1S/C14H20N2O3/c1-10-3-2-4-12(7-10)19-14-8-11(9-15)5-6-13(14)16(17)18/h5-6,8,10,12H,2-4,7,9,15H2,1H3. The Morgan fingerprint density at radius 3 is 2.89 bits per heavy atom. The average Bonchev–Trinajstić information content (AvgIpc) is 2.38. The van der Waals surface area contributed by atoms with Crippen molar-refractivity contribution in [1.82, 2.24) is 0 Å². The van der Waals surface area contributed by atoms with Crippen molar-refractivity contribution in [2.24, 2.45) is 11.7 Å². The van der Waals surface area contributed by atoms with Crippen LogP contribution in [0.15, 0.2) is 18.2 Å². The Balaban J connectivity index is 2.19. The molecular formula is C14H20N2O3. The topological polar surface area (TPSA) is 78.4 Å². The van der Waals surface area contributed by atoms with Gasteiger partial charge in [-0.1, -0.05) is 19.4 Å². The van der Waals surface area contributed by atoms with E-state index < -0.39 is 4.92 Å². The molecule has 0 amide bonds. The van der Waals surface area contributed by atoms with Crippen molar-refractivity contribution in [1.29, 1.82) is 0 Å². The predicted molar refractivity (Wildman–Crippen MR) is 73.0 cm³/mol. The van der Waals surface area contributed by atoms with Gasteiger partial charge < -0.3 is 10.5 Å². The van der Waals surface area contributed by atoms with E-state index in [1.165, 1.54) is 12.5 Å². The second-order valence-corrected chi connectivity index (χ2v) is 5.27. The molecule has 5 nitrogen and oxygen atoms in total. The monoisotopic (exact) mass is 264 g/mol. The number of hydrogen-bond acceptors (Lipinski definition) is 4. The van der Waals surface area contributed by atoms with Gasteiger partial charge in [0.1, 0.15) is 0 Å². The number of hydrogen-bond donors (Lipinski definition) is 1. The van der Waals surface area contributed by atoms with E-state index in [0.717, 1.165) is 24.8 Å². The second kappa shape index (κ2) is 6.02. The van der Waals surface area contributed by atoms with Crippen molar-refractivity contribution in [3.05, 3.63) is 33.9 Å². The zero-order valence-electron chi connectivity index (χ0n) is 11.2. The Labute approximate surface area is 112 Å². The van der Waals surface area contributed by atoms with Crippen LogP contribution in [-0.4, -0.2) is 11.0 Å². The number of benzene rings is 1. The van der Waals surface area contributed by atoms with Crippen LogP contribution in [0, 0.1) is 16.0 Å². The van der Waals surface area contributed by atoms with Gasteiger partial charge in [0, 0.05) is 12.6 Å². The average molecular weight is 264 g/mol. The first-order chi connectivity index (χ1) is 9.10. The van der Waals surface area contributed by atoms with E-state index in [-0.39, 0.29) is 11.8 Å². The summed E-state index contributed by atoms with van der Waals surface area (Å²) < 4.78 is 5.86. The molecule has 0 saturated heterocycles. The molecule has 0 aliphatic heterocycles. The van der Waals surface area contributed by atoms with Gasteiger partial charge in [-0.15, -0.1) is 0 Å². The maximum absolute atomic E-state index is 11.0. The molecule has 1 fully saturated rings. The van der Waals surface area contributed by atoms with Crippen LogP contribution in [0.25, 0.3) is 0 Å². The van der Waals surface area contributed by atoms with Crippen LogP contribution in [0.4, 0.5) is 5.69 Å². The van der Waals surface area contributed by atoms with Gasteiger partial charge in [-0.25, -0.2) is 0 Å². The summed E-state index contributed by atoms with van der Waals surface area (Å²) in [5, 5.41) is 11.0. The van der Waals surface area contributed by atoms with Gasteiger partial charge in [-0.05, 0) is 36.8 Å². The Hall–Kier alpha value is -1.62. The third-order valence-corrected chi connectivity index (χ3v) is 3.64. The molecule has 0 aromatic heterocycles. The minimum Gasteiger partial charge on any atom is -0.483 e. The minimum absolute atomic E-state index is 0.0235. The fourth-order valence-electron chi connectivity index (χ4n) is 2.60. The summed E-state index contributed by atoms with van der Waals surface area (Å²) >= 11 is 0. The normalized spacial score (nSPS) is 23.1. The molecule has 2 N–H and O–H groups in total. The van der Waals surface area contributed by atoms with E-state index in [2.05, 4.69) is 6.92 Å². The highest BCUT2D eigenvalue weighted by molar-refractivity contribution is 5.48. The number of nitrogens with zero attached hydrogens (tertiary/aromatic N) is 1. The molecule has 1 aliphatic carbocycles. The van der Waals surface area contributed by atoms with E-state index in [1.54, 1.807) is 12.1 Å². The molecule has 19 heavy (non-hydrogen) atoms. The maximum Gasteiger partial charge on any atom is 0.310 e. The highest BCUT2D eigenvalue weighted by Crippen LogP contribution is 2.33. The SMILES string of the molecule is CC1CCCC(Oc2cc(CN)ccc2[N+](=O)[O-])C1. The fourth-order valence-corrected chi connectivity index (χ4v) is 2.60. The summed E-state index contributed by atoms with van der Waals surface area (Å²) in [4.78, 5) is 10.6. The number of nitrogens with two attached hydrogens (primary N) is 1. The summed E-state index contributed by atoms with van der Waals surface area (Å²) in [7, 11) is 0. The fraction of sp³-hybridized carbons (Fsp3) is 0.571. The molecule has 2 unspecified atom stereocenters. The summed E-state index contributed by atoms with van der Waals surface area (Å²) in [5.41, 5.74) is 6.45. The lowest BCUT2D eigenvalue weighted by molar-refractivity contribution is -0.386. The lowest BCUT2D eigenvalue weighted by Crippen LogP contribution is -2.24. The van der Waals surface area contributed by atoms with Gasteiger partial charge in [0.2, 0.25) is 0 Å². The third-order valence-electron chi connectivity index (χ3n) is 3.64. The third kappa shape index (κ3) is 3.44. The molecule has 104 valence electrons. The van der Waals surface area contributed by atoms with Crippen LogP contribution in [0.2, 0.25) is 0 Å². The molecular weight excluding hydrogens is 244 g/mol. The van der Waals surface area contributed by atoms with Crippen molar-refractivity contribution in [3.8, 4) is 5.75 Å². The lowest BCUT2D eigenvalue weighted by Gasteiger charge is -2.27. The van der Waals surface area contributed by atoms with Gasteiger partial charge in [-0.2, -0.15) is 0 Å². The van der Waals surface area contributed by atoms with Crippen LogP contribution < -0.4 is 10.5 Å². The van der Waals surface area contributed by atoms with Gasteiger partial charge in [0.25, 0.3) is 0 Å². The van der Waals surface area contributed by atoms with Crippen molar-refractivity contribution in [2.45, 2.75) is 45.3 Å². The Kier molecular flexibility index (Phi) is 4.37. The smallest absolute Gasteiger partial charge is 0.310 e. The maximum atomic E-state index is 11.0. The lowest BCUT2D eigenvalue weighted by atomic mass is 9.88. The Morgan fingerprint density at radius 2 is 2.26 bits per heavy atom. The number of ether oxygens (including phenoxy) is 1. The molecule has 2 atom stereocenters. The Bertz CT molecular complexity index is 462. The molecule has 5 heteroatoms. The largest absolute Gasteiger partial charge is 0.483 e. The van der Waals surface area contributed by atoms with Gasteiger partial charge in [0.05, 0.1) is 11.0 Å². The van der Waals surface area contributed by atoms with Crippen molar-refractivity contribution >= 4 is 5.69 Å². The number of nitro benzene ring substituents is 1. The van der Waals surface area contributed by atoms with E-state index >= 15 is 0 Å². The molecule has 0 spiro atoms. The predicted octanol–water partition coefficient (Wildman–Crippen LogP) is 3.01. The van der Waals surface area contributed by atoms with E-state index in [0.29, 0.717) is 18.2 Å². The Morgan fingerprint density at radius 1 is 1.47 bits per heavy atom. The van der Waals surface area contributed by atoms with Crippen LogP contribution in [0.5, 0.6) is 5.75 Å². The highest BCUT2D eigenvalue weighted by Gasteiger charge is 2.24. The van der Waals surface area contributed by atoms with Gasteiger partial charge in [0.15, 0.2) is 5.75 Å². The quantitative estimate of drug-likeness (QED) is 0.669. The van der Waals surface area contributed by atoms with Crippen LogP contribution in [-0.2, 0) is 6.54 Å². The van der Waals surface area contributed by atoms with Crippen LogP contribution in [0.3, 0.4) is 0 Å². The summed E-state index contributed by atoms with van der Waals surface area (Å²) in [6.45, 7) is 2.55. The molecule has 1 saturated carbocycles. The zero-order valence-corrected chi connectivity index (χ0v) is 11.2. The highest BCUT2D eigenvalue weighted by atomic mass is 16.6. The number of nitro groups is 1. The summed E-state index contributed by atoms with van der Waals surface area (Å²) in [6, 6.07) is 4.84. The second-order valence-electron chi connectivity index (χ2n) is 5.27. The molecule has 1 aromatic rings. The van der Waals surface area contributed by atoms with Crippen molar-refractivity contribution < 1.29 is 9.66 Å². The molecule has 0 heterocycles.